The normalized spacial score (nSPS) is 17.3. The zero-order valence-corrected chi connectivity index (χ0v) is 12.8. The van der Waals surface area contributed by atoms with Crippen molar-refractivity contribution in [2.24, 2.45) is 0 Å². The molecule has 0 aliphatic heterocycles. The van der Waals surface area contributed by atoms with Crippen LogP contribution < -0.4 is 5.73 Å². The number of hydrogen-bond donors (Lipinski definition) is 1. The van der Waals surface area contributed by atoms with Crippen LogP contribution in [0, 0.1) is 11.6 Å². The van der Waals surface area contributed by atoms with Crippen molar-refractivity contribution in [2.75, 3.05) is 12.3 Å². The van der Waals surface area contributed by atoms with E-state index in [0.717, 1.165) is 44.2 Å². The molecule has 2 N–H and O–H groups in total. The number of sulfonamides is 1. The molecule has 0 spiro atoms. The molecule has 2 rings (SSSR count). The maximum Gasteiger partial charge on any atom is 0.249 e. The number of rotatable bonds is 4. The quantitative estimate of drug-likeness (QED) is 0.868. The Bertz CT molecular complexity index is 590. The Balaban J connectivity index is 2.44. The van der Waals surface area contributed by atoms with E-state index in [1.165, 1.54) is 4.31 Å². The molecule has 0 atom stereocenters. The highest BCUT2D eigenvalue weighted by Gasteiger charge is 2.35. The molecule has 7 heteroatoms. The molecular weight excluding hydrogens is 298 g/mol. The highest BCUT2D eigenvalue weighted by atomic mass is 32.2. The first-order chi connectivity index (χ1) is 9.87. The Morgan fingerprint density at radius 3 is 2.19 bits per heavy atom. The molecule has 1 aromatic rings. The van der Waals surface area contributed by atoms with Gasteiger partial charge < -0.3 is 5.73 Å². The van der Waals surface area contributed by atoms with Gasteiger partial charge in [0, 0.05) is 18.3 Å². The number of anilines is 1. The highest BCUT2D eigenvalue weighted by Crippen LogP contribution is 2.30. The Labute approximate surface area is 124 Å². The molecule has 1 aromatic carbocycles. The number of nitrogens with zero attached hydrogens (tertiary/aromatic N) is 1. The first kappa shape index (κ1) is 16.2. The molecule has 0 bridgehead atoms. The van der Waals surface area contributed by atoms with Gasteiger partial charge in [-0.3, -0.25) is 0 Å². The first-order valence-electron chi connectivity index (χ1n) is 7.14. The van der Waals surface area contributed by atoms with Gasteiger partial charge in [-0.2, -0.15) is 4.31 Å². The van der Waals surface area contributed by atoms with Crippen molar-refractivity contribution < 1.29 is 17.2 Å². The van der Waals surface area contributed by atoms with E-state index in [0.29, 0.717) is 0 Å². The molecule has 0 saturated heterocycles. The molecule has 21 heavy (non-hydrogen) atoms. The third-order valence-corrected chi connectivity index (χ3v) is 5.96. The van der Waals surface area contributed by atoms with E-state index in [4.69, 9.17) is 5.73 Å². The lowest BCUT2D eigenvalue weighted by Gasteiger charge is -2.32. The molecule has 0 heterocycles. The van der Waals surface area contributed by atoms with Crippen LogP contribution in [0.4, 0.5) is 14.5 Å². The summed E-state index contributed by atoms with van der Waals surface area (Å²) in [5, 5.41) is 0. The van der Waals surface area contributed by atoms with E-state index < -0.39 is 26.6 Å². The molecule has 1 aliphatic carbocycles. The Morgan fingerprint density at radius 1 is 1.19 bits per heavy atom. The zero-order valence-electron chi connectivity index (χ0n) is 12.0. The number of hydrogen-bond acceptors (Lipinski definition) is 3. The molecular formula is C14H20F2N2O2S. The van der Waals surface area contributed by atoms with Gasteiger partial charge >= 0.3 is 0 Å². The fraction of sp³-hybridized carbons (Fsp3) is 0.571. The van der Waals surface area contributed by atoms with Gasteiger partial charge in [-0.1, -0.05) is 26.2 Å². The standard InChI is InChI=1S/C14H20F2N2O2S/c1-2-18(11-6-4-3-5-7-11)21(19,20)14-12(15)8-10(17)9-13(14)16/h8-9,11H,2-7,17H2,1H3. The number of nitrogen functional groups attached to an aromatic ring is 1. The average Bonchev–Trinajstić information content (AvgIpc) is 2.38. The summed E-state index contributed by atoms with van der Waals surface area (Å²) in [6.07, 6.45) is 4.39. The monoisotopic (exact) mass is 318 g/mol. The summed E-state index contributed by atoms with van der Waals surface area (Å²) < 4.78 is 54.3. The summed E-state index contributed by atoms with van der Waals surface area (Å²) >= 11 is 0. The van der Waals surface area contributed by atoms with Crippen molar-refractivity contribution in [3.8, 4) is 0 Å². The molecule has 0 aromatic heterocycles. The maximum absolute atomic E-state index is 13.9. The van der Waals surface area contributed by atoms with Crippen molar-refractivity contribution in [2.45, 2.75) is 50.0 Å². The SMILES string of the molecule is CCN(C1CCCCC1)S(=O)(=O)c1c(F)cc(N)cc1F. The Kier molecular flexibility index (Phi) is 4.83. The van der Waals surface area contributed by atoms with E-state index in [9.17, 15) is 17.2 Å². The van der Waals surface area contributed by atoms with Gasteiger partial charge in [-0.25, -0.2) is 17.2 Å². The van der Waals surface area contributed by atoms with Gasteiger partial charge in [-0.05, 0) is 25.0 Å². The van der Waals surface area contributed by atoms with Crippen LogP contribution in [0.2, 0.25) is 0 Å². The summed E-state index contributed by atoms with van der Waals surface area (Å²) in [4.78, 5) is -0.899. The van der Waals surface area contributed by atoms with Crippen molar-refractivity contribution >= 4 is 15.7 Å². The van der Waals surface area contributed by atoms with Crippen LogP contribution in [0.25, 0.3) is 0 Å². The van der Waals surface area contributed by atoms with Crippen molar-refractivity contribution in [3.63, 3.8) is 0 Å². The third kappa shape index (κ3) is 3.18. The molecule has 0 unspecified atom stereocenters. The van der Waals surface area contributed by atoms with Gasteiger partial charge in [0.1, 0.15) is 11.6 Å². The van der Waals surface area contributed by atoms with E-state index in [1.54, 1.807) is 6.92 Å². The van der Waals surface area contributed by atoms with Gasteiger partial charge in [0.05, 0.1) is 0 Å². The van der Waals surface area contributed by atoms with Gasteiger partial charge in [0.15, 0.2) is 4.90 Å². The van der Waals surface area contributed by atoms with Crippen LogP contribution in [0.15, 0.2) is 17.0 Å². The number of nitrogens with two attached hydrogens (primary N) is 1. The minimum atomic E-state index is -4.20. The minimum absolute atomic E-state index is 0.135. The minimum Gasteiger partial charge on any atom is -0.399 e. The summed E-state index contributed by atoms with van der Waals surface area (Å²) in [6.45, 7) is 1.87. The van der Waals surface area contributed by atoms with Crippen molar-refractivity contribution in [1.29, 1.82) is 0 Å². The van der Waals surface area contributed by atoms with E-state index >= 15 is 0 Å². The van der Waals surface area contributed by atoms with Crippen LogP contribution in [-0.2, 0) is 10.0 Å². The third-order valence-electron chi connectivity index (χ3n) is 3.88. The van der Waals surface area contributed by atoms with Gasteiger partial charge in [0.2, 0.25) is 10.0 Å². The van der Waals surface area contributed by atoms with Crippen LogP contribution in [0.1, 0.15) is 39.0 Å². The Morgan fingerprint density at radius 2 is 1.71 bits per heavy atom. The summed E-state index contributed by atoms with van der Waals surface area (Å²) in [5.74, 6) is -2.27. The topological polar surface area (TPSA) is 63.4 Å². The van der Waals surface area contributed by atoms with Crippen LogP contribution >= 0.6 is 0 Å². The van der Waals surface area contributed by atoms with E-state index in [1.807, 2.05) is 0 Å². The van der Waals surface area contributed by atoms with Gasteiger partial charge in [0.25, 0.3) is 0 Å². The second kappa shape index (κ2) is 6.27. The second-order valence-electron chi connectivity index (χ2n) is 5.31. The lowest BCUT2D eigenvalue weighted by molar-refractivity contribution is 0.259. The summed E-state index contributed by atoms with van der Waals surface area (Å²) in [7, 11) is -4.20. The number of benzene rings is 1. The molecule has 1 aliphatic rings. The predicted molar refractivity (Wildman–Crippen MR) is 77.2 cm³/mol. The molecule has 1 fully saturated rings. The summed E-state index contributed by atoms with van der Waals surface area (Å²) in [5.41, 5.74) is 5.20. The van der Waals surface area contributed by atoms with E-state index in [-0.39, 0.29) is 18.3 Å². The van der Waals surface area contributed by atoms with Crippen LogP contribution in [0.3, 0.4) is 0 Å². The highest BCUT2D eigenvalue weighted by molar-refractivity contribution is 7.89. The van der Waals surface area contributed by atoms with E-state index in [2.05, 4.69) is 0 Å². The molecule has 1 saturated carbocycles. The molecule has 118 valence electrons. The fourth-order valence-corrected chi connectivity index (χ4v) is 4.73. The van der Waals surface area contributed by atoms with Crippen molar-refractivity contribution in [1.82, 2.24) is 4.31 Å². The largest absolute Gasteiger partial charge is 0.399 e. The summed E-state index contributed by atoms with van der Waals surface area (Å²) in [6, 6.07) is 1.49. The zero-order chi connectivity index (χ0) is 15.6. The smallest absolute Gasteiger partial charge is 0.249 e. The molecule has 0 amide bonds. The van der Waals surface area contributed by atoms with Crippen LogP contribution in [-0.4, -0.2) is 25.3 Å². The lowest BCUT2D eigenvalue weighted by atomic mass is 9.95. The Hall–Kier alpha value is -1.21. The first-order valence-corrected chi connectivity index (χ1v) is 8.58. The van der Waals surface area contributed by atoms with Crippen molar-refractivity contribution in [3.05, 3.63) is 23.8 Å². The van der Waals surface area contributed by atoms with Crippen LogP contribution in [0.5, 0.6) is 0 Å². The molecule has 0 radical (unpaired) electrons. The maximum atomic E-state index is 13.9. The van der Waals surface area contributed by atoms with Gasteiger partial charge in [-0.15, -0.1) is 0 Å². The second-order valence-corrected chi connectivity index (χ2v) is 7.14. The lowest BCUT2D eigenvalue weighted by Crippen LogP contribution is -2.41. The fourth-order valence-electron chi connectivity index (χ4n) is 2.94. The number of halogens is 2. The predicted octanol–water partition coefficient (Wildman–Crippen LogP) is 2.89. The molecule has 4 nitrogen and oxygen atoms in total. The average molecular weight is 318 g/mol.